The Balaban J connectivity index is 1.97. The van der Waals surface area contributed by atoms with Gasteiger partial charge in [-0.05, 0) is 30.2 Å². The minimum atomic E-state index is -0.586. The summed E-state index contributed by atoms with van der Waals surface area (Å²) in [6.07, 6.45) is -0.586. The van der Waals surface area contributed by atoms with Crippen LogP contribution in [-0.2, 0) is 5.41 Å². The maximum Gasteiger partial charge on any atom is 0.123 e. The van der Waals surface area contributed by atoms with E-state index in [9.17, 15) is 5.11 Å². The summed E-state index contributed by atoms with van der Waals surface area (Å²) in [7, 11) is 0. The summed E-state index contributed by atoms with van der Waals surface area (Å²) >= 11 is 0. The molecule has 1 heterocycles. The van der Waals surface area contributed by atoms with Gasteiger partial charge in [-0.1, -0.05) is 49.7 Å². The fraction of sp³-hybridized carbons (Fsp3) is 0.333. The fourth-order valence-corrected chi connectivity index (χ4v) is 2.65. The quantitative estimate of drug-likeness (QED) is 0.899. The third-order valence-electron chi connectivity index (χ3n) is 4.03. The summed E-state index contributed by atoms with van der Waals surface area (Å²) in [6.45, 7) is 7.08. The van der Waals surface area contributed by atoms with Crippen LogP contribution in [0.25, 0.3) is 0 Å². The average Bonchev–Trinajstić information content (AvgIpc) is 2.74. The molecule has 0 aromatic heterocycles. The number of ether oxygens (including phenoxy) is 1. The summed E-state index contributed by atoms with van der Waals surface area (Å²) in [5.74, 6) is 0.940. The Hall–Kier alpha value is -1.80. The first-order valence-corrected chi connectivity index (χ1v) is 6.99. The maximum atomic E-state index is 10.5. The van der Waals surface area contributed by atoms with Crippen LogP contribution in [0.5, 0.6) is 5.75 Å². The van der Waals surface area contributed by atoms with Crippen molar-refractivity contribution in [2.75, 3.05) is 6.61 Å². The lowest BCUT2D eigenvalue weighted by Gasteiger charge is -2.18. The van der Waals surface area contributed by atoms with E-state index in [0.29, 0.717) is 6.61 Å². The molecule has 3 rings (SSSR count). The number of aliphatic hydroxyl groups excluding tert-OH is 1. The van der Waals surface area contributed by atoms with Crippen molar-refractivity contribution in [1.29, 1.82) is 0 Å². The van der Waals surface area contributed by atoms with Crippen LogP contribution in [0.1, 0.15) is 42.2 Å². The van der Waals surface area contributed by atoms with Crippen molar-refractivity contribution >= 4 is 0 Å². The zero-order chi connectivity index (χ0) is 14.3. The van der Waals surface area contributed by atoms with Crippen molar-refractivity contribution in [2.24, 2.45) is 0 Å². The lowest BCUT2D eigenvalue weighted by Crippen LogP contribution is -2.18. The number of benzene rings is 2. The topological polar surface area (TPSA) is 29.5 Å². The number of aryl methyl sites for hydroxylation is 1. The second kappa shape index (κ2) is 4.64. The van der Waals surface area contributed by atoms with Gasteiger partial charge in [0.1, 0.15) is 11.9 Å². The van der Waals surface area contributed by atoms with Gasteiger partial charge in [-0.3, -0.25) is 0 Å². The molecule has 0 radical (unpaired) electrons. The smallest absolute Gasteiger partial charge is 0.123 e. The van der Waals surface area contributed by atoms with E-state index in [-0.39, 0.29) is 5.41 Å². The minimum Gasteiger partial charge on any atom is -0.492 e. The number of fused-ring (bicyclic) bond motifs is 1. The molecular weight excluding hydrogens is 248 g/mol. The van der Waals surface area contributed by atoms with Crippen LogP contribution < -0.4 is 4.74 Å². The van der Waals surface area contributed by atoms with E-state index >= 15 is 0 Å². The SMILES string of the molecule is Cc1ccc(C(O)c2ccc3c(c2)C(C)(C)CO3)cc1. The average molecular weight is 268 g/mol. The summed E-state index contributed by atoms with van der Waals surface area (Å²) in [4.78, 5) is 0. The van der Waals surface area contributed by atoms with Crippen molar-refractivity contribution in [3.8, 4) is 5.75 Å². The monoisotopic (exact) mass is 268 g/mol. The Morgan fingerprint density at radius 1 is 1.05 bits per heavy atom. The van der Waals surface area contributed by atoms with Gasteiger partial charge in [0.2, 0.25) is 0 Å². The molecule has 0 saturated carbocycles. The predicted octanol–water partition coefficient (Wildman–Crippen LogP) is 3.75. The van der Waals surface area contributed by atoms with E-state index in [2.05, 4.69) is 19.9 Å². The van der Waals surface area contributed by atoms with Crippen molar-refractivity contribution in [3.63, 3.8) is 0 Å². The Morgan fingerprint density at radius 2 is 1.70 bits per heavy atom. The Labute approximate surface area is 120 Å². The van der Waals surface area contributed by atoms with E-state index in [1.165, 1.54) is 11.1 Å². The van der Waals surface area contributed by atoms with Gasteiger partial charge in [0.15, 0.2) is 0 Å². The highest BCUT2D eigenvalue weighted by atomic mass is 16.5. The second-order valence-corrected chi connectivity index (χ2v) is 6.24. The summed E-state index contributed by atoms with van der Waals surface area (Å²) in [5, 5.41) is 10.5. The summed E-state index contributed by atoms with van der Waals surface area (Å²) < 4.78 is 5.69. The second-order valence-electron chi connectivity index (χ2n) is 6.24. The molecular formula is C18H20O2. The van der Waals surface area contributed by atoms with Crippen LogP contribution in [0.15, 0.2) is 42.5 Å². The molecule has 0 aliphatic carbocycles. The molecule has 2 aromatic rings. The first-order valence-electron chi connectivity index (χ1n) is 6.99. The summed E-state index contributed by atoms with van der Waals surface area (Å²) in [6, 6.07) is 14.0. The molecule has 0 fully saturated rings. The van der Waals surface area contributed by atoms with Crippen LogP contribution >= 0.6 is 0 Å². The highest BCUT2D eigenvalue weighted by molar-refractivity contribution is 5.47. The predicted molar refractivity (Wildman–Crippen MR) is 80.2 cm³/mol. The van der Waals surface area contributed by atoms with Gasteiger partial charge >= 0.3 is 0 Å². The van der Waals surface area contributed by atoms with Crippen molar-refractivity contribution in [1.82, 2.24) is 0 Å². The molecule has 1 unspecified atom stereocenters. The molecule has 0 spiro atoms. The highest BCUT2D eigenvalue weighted by Crippen LogP contribution is 2.40. The number of hydrogen-bond acceptors (Lipinski definition) is 2. The van der Waals surface area contributed by atoms with Crippen molar-refractivity contribution < 1.29 is 9.84 Å². The largest absolute Gasteiger partial charge is 0.492 e. The van der Waals surface area contributed by atoms with Gasteiger partial charge in [-0.15, -0.1) is 0 Å². The number of rotatable bonds is 2. The standard InChI is InChI=1S/C18H20O2/c1-12-4-6-13(7-5-12)17(19)14-8-9-16-15(10-14)18(2,3)11-20-16/h4-10,17,19H,11H2,1-3H3. The lowest BCUT2D eigenvalue weighted by atomic mass is 9.85. The van der Waals surface area contributed by atoms with Gasteiger partial charge in [0, 0.05) is 11.0 Å². The van der Waals surface area contributed by atoms with Gasteiger partial charge in [-0.25, -0.2) is 0 Å². The molecule has 1 N–H and O–H groups in total. The lowest BCUT2D eigenvalue weighted by molar-refractivity contribution is 0.220. The summed E-state index contributed by atoms with van der Waals surface area (Å²) in [5.41, 5.74) is 4.24. The third-order valence-corrected chi connectivity index (χ3v) is 4.03. The van der Waals surface area contributed by atoms with Gasteiger partial charge in [0.25, 0.3) is 0 Å². The molecule has 104 valence electrons. The van der Waals surface area contributed by atoms with Gasteiger partial charge < -0.3 is 9.84 Å². The van der Waals surface area contributed by atoms with E-state index in [1.54, 1.807) is 0 Å². The van der Waals surface area contributed by atoms with Crippen LogP contribution in [-0.4, -0.2) is 11.7 Å². The Kier molecular flexibility index (Phi) is 3.06. The van der Waals surface area contributed by atoms with Crippen LogP contribution in [0.2, 0.25) is 0 Å². The molecule has 1 aliphatic rings. The van der Waals surface area contributed by atoms with E-state index < -0.39 is 6.10 Å². The fourth-order valence-electron chi connectivity index (χ4n) is 2.65. The van der Waals surface area contributed by atoms with E-state index in [0.717, 1.165) is 16.9 Å². The zero-order valence-corrected chi connectivity index (χ0v) is 12.2. The molecule has 1 aliphatic heterocycles. The molecule has 0 amide bonds. The first-order chi connectivity index (χ1) is 9.47. The Bertz CT molecular complexity index is 626. The van der Waals surface area contributed by atoms with Crippen molar-refractivity contribution in [2.45, 2.75) is 32.3 Å². The molecule has 2 aromatic carbocycles. The van der Waals surface area contributed by atoms with Gasteiger partial charge in [0.05, 0.1) is 6.61 Å². The van der Waals surface area contributed by atoms with E-state index in [4.69, 9.17) is 4.74 Å². The van der Waals surface area contributed by atoms with Crippen LogP contribution in [0, 0.1) is 6.92 Å². The van der Waals surface area contributed by atoms with Crippen LogP contribution in [0.3, 0.4) is 0 Å². The third kappa shape index (κ3) is 2.20. The highest BCUT2D eigenvalue weighted by Gasteiger charge is 2.32. The van der Waals surface area contributed by atoms with E-state index in [1.807, 2.05) is 43.3 Å². The number of aliphatic hydroxyl groups is 1. The maximum absolute atomic E-state index is 10.5. The molecule has 0 bridgehead atoms. The van der Waals surface area contributed by atoms with Gasteiger partial charge in [-0.2, -0.15) is 0 Å². The zero-order valence-electron chi connectivity index (χ0n) is 12.2. The molecule has 20 heavy (non-hydrogen) atoms. The minimum absolute atomic E-state index is 0.0122. The Morgan fingerprint density at radius 3 is 2.40 bits per heavy atom. The normalized spacial score (nSPS) is 17.4. The molecule has 1 atom stereocenters. The molecule has 2 heteroatoms. The van der Waals surface area contributed by atoms with Crippen LogP contribution in [0.4, 0.5) is 0 Å². The first kappa shape index (κ1) is 13.2. The number of hydrogen-bond donors (Lipinski definition) is 1. The molecule has 2 nitrogen and oxygen atoms in total. The van der Waals surface area contributed by atoms with Crippen molar-refractivity contribution in [3.05, 3.63) is 64.7 Å². The molecule has 0 saturated heterocycles.